The van der Waals surface area contributed by atoms with Gasteiger partial charge in [0, 0.05) is 11.4 Å². The fraction of sp³-hybridized carbons (Fsp3) is 0.294. The molecule has 1 heterocycles. The fourth-order valence-electron chi connectivity index (χ4n) is 2.15. The zero-order chi connectivity index (χ0) is 16.1. The minimum atomic E-state index is -0.644. The fourth-order valence-corrected chi connectivity index (χ4v) is 3.21. The first kappa shape index (κ1) is 16.3. The zero-order valence-electron chi connectivity index (χ0n) is 12.8. The number of methoxy groups -OCH3 is 1. The van der Waals surface area contributed by atoms with Crippen molar-refractivity contribution in [2.75, 3.05) is 12.9 Å². The van der Waals surface area contributed by atoms with E-state index in [1.165, 1.54) is 11.8 Å². The summed E-state index contributed by atoms with van der Waals surface area (Å²) in [6.45, 7) is 3.80. The highest BCUT2D eigenvalue weighted by Crippen LogP contribution is 2.28. The van der Waals surface area contributed by atoms with Crippen LogP contribution in [0.15, 0.2) is 35.4 Å². The maximum absolute atomic E-state index is 10.3. The lowest BCUT2D eigenvalue weighted by Gasteiger charge is -2.13. The molecule has 0 saturated heterocycles. The first-order valence-electron chi connectivity index (χ1n) is 6.88. The molecule has 4 nitrogen and oxygen atoms in total. The number of thioether (sulfide) groups is 1. The summed E-state index contributed by atoms with van der Waals surface area (Å²) in [5, 5.41) is 20.2. The highest BCUT2D eigenvalue weighted by atomic mass is 32.2. The monoisotopic (exact) mass is 314 g/mol. The third kappa shape index (κ3) is 3.79. The van der Waals surface area contributed by atoms with Gasteiger partial charge in [0.1, 0.15) is 16.8 Å². The van der Waals surface area contributed by atoms with Gasteiger partial charge in [0.15, 0.2) is 0 Å². The van der Waals surface area contributed by atoms with E-state index < -0.39 is 6.10 Å². The molecular formula is C17H18N2O2S. The van der Waals surface area contributed by atoms with Crippen LogP contribution in [0.2, 0.25) is 0 Å². The summed E-state index contributed by atoms with van der Waals surface area (Å²) < 4.78 is 5.16. The number of hydrogen-bond acceptors (Lipinski definition) is 5. The molecule has 1 N–H and O–H groups in total. The van der Waals surface area contributed by atoms with E-state index in [-0.39, 0.29) is 0 Å². The Morgan fingerprint density at radius 3 is 2.82 bits per heavy atom. The molecule has 0 radical (unpaired) electrons. The largest absolute Gasteiger partial charge is 0.497 e. The van der Waals surface area contributed by atoms with Crippen LogP contribution in [-0.4, -0.2) is 23.0 Å². The third-order valence-corrected chi connectivity index (χ3v) is 4.33. The van der Waals surface area contributed by atoms with Gasteiger partial charge in [-0.1, -0.05) is 12.1 Å². The van der Waals surface area contributed by atoms with Crippen LogP contribution in [0.1, 0.15) is 28.5 Å². The van der Waals surface area contributed by atoms with Crippen LogP contribution < -0.4 is 4.74 Å². The maximum atomic E-state index is 10.3. The Morgan fingerprint density at radius 2 is 2.14 bits per heavy atom. The number of aryl methyl sites for hydroxylation is 2. The summed E-state index contributed by atoms with van der Waals surface area (Å²) in [7, 11) is 1.60. The minimum Gasteiger partial charge on any atom is -0.497 e. The van der Waals surface area contributed by atoms with Crippen LogP contribution >= 0.6 is 11.8 Å². The molecule has 22 heavy (non-hydrogen) atoms. The van der Waals surface area contributed by atoms with Gasteiger partial charge >= 0.3 is 0 Å². The van der Waals surface area contributed by atoms with Gasteiger partial charge in [0.25, 0.3) is 0 Å². The van der Waals surface area contributed by atoms with Gasteiger partial charge in [-0.15, -0.1) is 11.8 Å². The maximum Gasteiger partial charge on any atom is 0.119 e. The molecule has 0 saturated carbocycles. The number of nitrogens with zero attached hydrogens (tertiary/aromatic N) is 2. The van der Waals surface area contributed by atoms with Gasteiger partial charge in [-0.05, 0) is 43.2 Å². The number of hydrogen-bond donors (Lipinski definition) is 1. The summed E-state index contributed by atoms with van der Waals surface area (Å²) in [6.07, 6.45) is -0.644. The van der Waals surface area contributed by atoms with Crippen molar-refractivity contribution in [1.82, 2.24) is 4.98 Å². The molecule has 0 amide bonds. The first-order valence-corrected chi connectivity index (χ1v) is 7.87. The lowest BCUT2D eigenvalue weighted by Crippen LogP contribution is -2.03. The van der Waals surface area contributed by atoms with E-state index in [1.807, 2.05) is 44.2 Å². The highest BCUT2D eigenvalue weighted by molar-refractivity contribution is 7.99. The van der Waals surface area contributed by atoms with Gasteiger partial charge < -0.3 is 9.84 Å². The Bertz CT molecular complexity index is 710. The van der Waals surface area contributed by atoms with Crippen molar-refractivity contribution >= 4 is 11.8 Å². The molecule has 5 heteroatoms. The third-order valence-electron chi connectivity index (χ3n) is 3.28. The number of aliphatic hydroxyl groups is 1. The lowest BCUT2D eigenvalue weighted by atomic mass is 10.1. The van der Waals surface area contributed by atoms with Crippen LogP contribution in [0.5, 0.6) is 5.75 Å². The van der Waals surface area contributed by atoms with E-state index in [0.29, 0.717) is 22.1 Å². The van der Waals surface area contributed by atoms with Crippen molar-refractivity contribution in [3.63, 3.8) is 0 Å². The molecule has 0 aliphatic heterocycles. The molecule has 0 aliphatic carbocycles. The molecule has 1 atom stereocenters. The van der Waals surface area contributed by atoms with Crippen LogP contribution in [0.4, 0.5) is 0 Å². The van der Waals surface area contributed by atoms with E-state index in [0.717, 1.165) is 16.8 Å². The van der Waals surface area contributed by atoms with Gasteiger partial charge in [-0.25, -0.2) is 4.98 Å². The Balaban J connectivity index is 2.14. The number of benzene rings is 1. The Morgan fingerprint density at radius 1 is 1.36 bits per heavy atom. The standard InChI is InChI=1S/C17H18N2O2S/c1-11-7-12(2)19-17(15(11)9-18)22-10-16(20)13-5-4-6-14(8-13)21-3/h4-8,16,20H,10H2,1-3H3. The van der Waals surface area contributed by atoms with Crippen molar-refractivity contribution < 1.29 is 9.84 Å². The summed E-state index contributed by atoms with van der Waals surface area (Å²) in [5.74, 6) is 1.14. The Hall–Kier alpha value is -2.03. The molecule has 0 aliphatic rings. The number of pyridine rings is 1. The van der Waals surface area contributed by atoms with Gasteiger partial charge in [0.05, 0.1) is 18.8 Å². The van der Waals surface area contributed by atoms with Crippen LogP contribution in [0.3, 0.4) is 0 Å². The van der Waals surface area contributed by atoms with E-state index in [9.17, 15) is 10.4 Å². The summed E-state index contributed by atoms with van der Waals surface area (Å²) in [4.78, 5) is 4.41. The topological polar surface area (TPSA) is 66.1 Å². The normalized spacial score (nSPS) is 11.8. The smallest absolute Gasteiger partial charge is 0.119 e. The van der Waals surface area contributed by atoms with Gasteiger partial charge in [-0.3, -0.25) is 0 Å². The predicted octanol–water partition coefficient (Wildman–Crippen LogP) is 3.40. The molecule has 114 valence electrons. The second-order valence-electron chi connectivity index (χ2n) is 4.98. The van der Waals surface area contributed by atoms with Gasteiger partial charge in [0.2, 0.25) is 0 Å². The van der Waals surface area contributed by atoms with E-state index in [1.54, 1.807) is 7.11 Å². The summed E-state index contributed by atoms with van der Waals surface area (Å²) in [5.41, 5.74) is 3.14. The average Bonchev–Trinajstić information content (AvgIpc) is 2.52. The highest BCUT2D eigenvalue weighted by Gasteiger charge is 2.13. The zero-order valence-corrected chi connectivity index (χ0v) is 13.6. The Labute approximate surface area is 134 Å². The lowest BCUT2D eigenvalue weighted by molar-refractivity contribution is 0.203. The van der Waals surface area contributed by atoms with E-state index >= 15 is 0 Å². The molecule has 0 bridgehead atoms. The molecule has 1 unspecified atom stereocenters. The first-order chi connectivity index (χ1) is 10.5. The number of aromatic nitrogens is 1. The average molecular weight is 314 g/mol. The second-order valence-corrected chi connectivity index (χ2v) is 5.98. The predicted molar refractivity (Wildman–Crippen MR) is 87.1 cm³/mol. The molecule has 1 aromatic carbocycles. The summed E-state index contributed by atoms with van der Waals surface area (Å²) >= 11 is 1.39. The second kappa shape index (κ2) is 7.30. The van der Waals surface area contributed by atoms with Crippen molar-refractivity contribution in [2.24, 2.45) is 0 Å². The number of rotatable bonds is 5. The number of aliphatic hydroxyl groups excluding tert-OH is 1. The molecule has 0 spiro atoms. The SMILES string of the molecule is COc1cccc(C(O)CSc2nc(C)cc(C)c2C#N)c1. The minimum absolute atomic E-state index is 0.428. The van der Waals surface area contributed by atoms with Crippen molar-refractivity contribution in [3.05, 3.63) is 52.7 Å². The molecule has 2 rings (SSSR count). The van der Waals surface area contributed by atoms with Crippen LogP contribution in [-0.2, 0) is 0 Å². The van der Waals surface area contributed by atoms with Crippen LogP contribution in [0.25, 0.3) is 0 Å². The van der Waals surface area contributed by atoms with Crippen molar-refractivity contribution in [1.29, 1.82) is 5.26 Å². The molecular weight excluding hydrogens is 296 g/mol. The van der Waals surface area contributed by atoms with Crippen LogP contribution in [0, 0.1) is 25.2 Å². The van der Waals surface area contributed by atoms with Crippen molar-refractivity contribution in [3.8, 4) is 11.8 Å². The number of nitriles is 1. The molecule has 1 aromatic heterocycles. The number of ether oxygens (including phenoxy) is 1. The molecule has 2 aromatic rings. The van der Waals surface area contributed by atoms with E-state index in [4.69, 9.17) is 4.74 Å². The van der Waals surface area contributed by atoms with E-state index in [2.05, 4.69) is 11.1 Å². The Kier molecular flexibility index (Phi) is 5.42. The summed E-state index contributed by atoms with van der Waals surface area (Å²) in [6, 6.07) is 11.4. The quantitative estimate of drug-likeness (QED) is 0.857. The van der Waals surface area contributed by atoms with Gasteiger partial charge in [-0.2, -0.15) is 5.26 Å². The van der Waals surface area contributed by atoms with Crippen molar-refractivity contribution in [2.45, 2.75) is 25.0 Å². The molecule has 0 fully saturated rings.